The second-order valence-corrected chi connectivity index (χ2v) is 9.17. The van der Waals surface area contributed by atoms with Crippen molar-refractivity contribution in [2.24, 2.45) is 16.8 Å². The van der Waals surface area contributed by atoms with Crippen LogP contribution in [0.1, 0.15) is 50.4 Å². The van der Waals surface area contributed by atoms with Crippen LogP contribution in [0.25, 0.3) is 0 Å². The van der Waals surface area contributed by atoms with Crippen LogP contribution in [0.4, 0.5) is 0 Å². The lowest BCUT2D eigenvalue weighted by atomic mass is 9.97. The zero-order chi connectivity index (χ0) is 20.6. The smallest absolute Gasteiger partial charge is 0.309 e. The van der Waals surface area contributed by atoms with E-state index in [1.165, 1.54) is 17.7 Å². The summed E-state index contributed by atoms with van der Waals surface area (Å²) in [5.74, 6) is 1.75. The molecule has 0 bridgehead atoms. The minimum atomic E-state index is -0.0489. The highest BCUT2D eigenvalue weighted by Gasteiger charge is 2.29. The number of hydrogen-bond donors (Lipinski definition) is 1. The van der Waals surface area contributed by atoms with Crippen LogP contribution in [0.3, 0.4) is 0 Å². The summed E-state index contributed by atoms with van der Waals surface area (Å²) in [6.07, 6.45) is 4.21. The molecule has 2 aliphatic heterocycles. The molecule has 2 aliphatic rings. The number of piperidine rings is 2. The Bertz CT molecular complexity index is 654. The Hall–Kier alpha value is -0.870. The molecule has 8 heteroatoms. The van der Waals surface area contributed by atoms with Gasteiger partial charge in [-0.2, -0.15) is 0 Å². The van der Waals surface area contributed by atoms with Gasteiger partial charge in [-0.05, 0) is 63.1 Å². The van der Waals surface area contributed by atoms with Crippen LogP contribution in [0.5, 0.6) is 0 Å². The number of nitrogens with zero attached hydrogens (tertiary/aromatic N) is 3. The number of nitrogens with one attached hydrogen (secondary N) is 1. The second kappa shape index (κ2) is 12.9. The minimum absolute atomic E-state index is 0. The number of aliphatic imine (C=N–C) groups is 1. The monoisotopic (exact) mass is 548 g/mol. The van der Waals surface area contributed by atoms with Crippen LogP contribution < -0.4 is 5.32 Å². The Morgan fingerprint density at radius 1 is 1.27 bits per heavy atom. The van der Waals surface area contributed by atoms with E-state index in [2.05, 4.69) is 44.5 Å². The number of carbonyl (C=O) groups is 1. The Morgan fingerprint density at radius 3 is 2.53 bits per heavy atom. The van der Waals surface area contributed by atoms with Gasteiger partial charge in [0.2, 0.25) is 0 Å². The van der Waals surface area contributed by atoms with Crippen LogP contribution in [-0.4, -0.2) is 68.1 Å². The summed E-state index contributed by atoms with van der Waals surface area (Å²) < 4.78 is 5.19. The molecule has 30 heavy (non-hydrogen) atoms. The zero-order valence-corrected chi connectivity index (χ0v) is 21.7. The molecule has 3 rings (SSSR count). The standard InChI is InChI=1S/C22H36N4O2S.HI/c1-4-28-21(27)18-9-13-26(14-10-18)22(23-3)24-16-19(20-6-5-15-29-20)25-11-7-17(2)8-12-25;/h5-6,15,17-19H,4,7-14,16H2,1-3H3,(H,23,24);1H. The van der Waals surface area contributed by atoms with E-state index < -0.39 is 0 Å². The van der Waals surface area contributed by atoms with E-state index in [9.17, 15) is 4.79 Å². The van der Waals surface area contributed by atoms with Crippen LogP contribution in [0.15, 0.2) is 22.5 Å². The normalized spacial score (nSPS) is 20.5. The molecule has 1 aromatic rings. The summed E-state index contributed by atoms with van der Waals surface area (Å²) in [5.41, 5.74) is 0. The molecule has 0 radical (unpaired) electrons. The SMILES string of the molecule is CCOC(=O)C1CCN(C(=NC)NCC(c2cccs2)N2CCC(C)CC2)CC1.I. The molecule has 1 N–H and O–H groups in total. The van der Waals surface area contributed by atoms with E-state index >= 15 is 0 Å². The molecule has 0 aromatic carbocycles. The molecule has 2 fully saturated rings. The van der Waals surface area contributed by atoms with Crippen molar-refractivity contribution in [2.75, 3.05) is 46.4 Å². The van der Waals surface area contributed by atoms with Crippen molar-refractivity contribution in [3.05, 3.63) is 22.4 Å². The molecule has 1 aromatic heterocycles. The second-order valence-electron chi connectivity index (χ2n) is 8.19. The van der Waals surface area contributed by atoms with E-state index in [0.29, 0.717) is 12.6 Å². The number of guanidine groups is 1. The third-order valence-corrected chi connectivity index (χ3v) is 7.18. The summed E-state index contributed by atoms with van der Waals surface area (Å²) in [5, 5.41) is 5.80. The quantitative estimate of drug-likeness (QED) is 0.252. The number of hydrogen-bond acceptors (Lipinski definition) is 5. The average molecular weight is 549 g/mol. The Morgan fingerprint density at radius 2 is 1.97 bits per heavy atom. The number of thiophene rings is 1. The molecule has 170 valence electrons. The highest BCUT2D eigenvalue weighted by atomic mass is 127. The molecule has 3 heterocycles. The molecular formula is C22H37IN4O2S. The van der Waals surface area contributed by atoms with Gasteiger partial charge in [0, 0.05) is 31.6 Å². The summed E-state index contributed by atoms with van der Waals surface area (Å²) in [7, 11) is 1.85. The van der Waals surface area contributed by atoms with E-state index in [1.807, 2.05) is 25.3 Å². The average Bonchev–Trinajstić information content (AvgIpc) is 3.27. The van der Waals surface area contributed by atoms with Crippen molar-refractivity contribution in [2.45, 2.75) is 45.6 Å². The third-order valence-electron chi connectivity index (χ3n) is 6.21. The van der Waals surface area contributed by atoms with Gasteiger partial charge >= 0.3 is 5.97 Å². The maximum absolute atomic E-state index is 12.0. The largest absolute Gasteiger partial charge is 0.466 e. The molecule has 0 amide bonds. The molecule has 0 saturated carbocycles. The molecule has 1 atom stereocenters. The molecule has 1 unspecified atom stereocenters. The predicted octanol–water partition coefficient (Wildman–Crippen LogP) is 3.99. The lowest BCUT2D eigenvalue weighted by molar-refractivity contribution is -0.149. The predicted molar refractivity (Wildman–Crippen MR) is 135 cm³/mol. The number of likely N-dealkylation sites (tertiary alicyclic amines) is 2. The lowest BCUT2D eigenvalue weighted by Gasteiger charge is -2.38. The van der Waals surface area contributed by atoms with Gasteiger partial charge in [-0.25, -0.2) is 0 Å². The fraction of sp³-hybridized carbons (Fsp3) is 0.727. The highest BCUT2D eigenvalue weighted by Crippen LogP contribution is 2.29. The molecule has 0 aliphatic carbocycles. The van der Waals surface area contributed by atoms with E-state index in [0.717, 1.165) is 57.4 Å². The first-order valence-corrected chi connectivity index (χ1v) is 11.9. The van der Waals surface area contributed by atoms with Gasteiger partial charge in [0.1, 0.15) is 0 Å². The lowest BCUT2D eigenvalue weighted by Crippen LogP contribution is -2.49. The van der Waals surface area contributed by atoms with Crippen molar-refractivity contribution in [1.82, 2.24) is 15.1 Å². The van der Waals surface area contributed by atoms with Crippen molar-refractivity contribution in [1.29, 1.82) is 0 Å². The van der Waals surface area contributed by atoms with Crippen molar-refractivity contribution < 1.29 is 9.53 Å². The maximum Gasteiger partial charge on any atom is 0.309 e. The van der Waals surface area contributed by atoms with E-state index in [-0.39, 0.29) is 35.9 Å². The van der Waals surface area contributed by atoms with Crippen molar-refractivity contribution in [3.63, 3.8) is 0 Å². The van der Waals surface area contributed by atoms with Crippen molar-refractivity contribution >= 4 is 47.2 Å². The fourth-order valence-corrected chi connectivity index (χ4v) is 5.20. The number of esters is 1. The molecular weight excluding hydrogens is 511 g/mol. The number of ether oxygens (including phenoxy) is 1. The van der Waals surface area contributed by atoms with E-state index in [4.69, 9.17) is 4.74 Å². The number of carbonyl (C=O) groups excluding carboxylic acids is 1. The first-order valence-electron chi connectivity index (χ1n) is 11.0. The summed E-state index contributed by atoms with van der Waals surface area (Å²) in [4.78, 5) is 22.8. The molecule has 2 saturated heterocycles. The van der Waals surface area contributed by atoms with Gasteiger partial charge in [0.05, 0.1) is 18.6 Å². The van der Waals surface area contributed by atoms with Crippen LogP contribution in [0.2, 0.25) is 0 Å². The van der Waals surface area contributed by atoms with Crippen LogP contribution in [-0.2, 0) is 9.53 Å². The summed E-state index contributed by atoms with van der Waals surface area (Å²) in [6, 6.07) is 4.79. The van der Waals surface area contributed by atoms with Gasteiger partial charge in [-0.3, -0.25) is 14.7 Å². The summed E-state index contributed by atoms with van der Waals surface area (Å²) in [6.45, 7) is 9.55. The minimum Gasteiger partial charge on any atom is -0.466 e. The highest BCUT2D eigenvalue weighted by molar-refractivity contribution is 14.0. The zero-order valence-electron chi connectivity index (χ0n) is 18.5. The maximum atomic E-state index is 12.0. The van der Waals surface area contributed by atoms with Crippen LogP contribution >= 0.6 is 35.3 Å². The fourth-order valence-electron chi connectivity index (χ4n) is 4.34. The van der Waals surface area contributed by atoms with Gasteiger partial charge in [0.15, 0.2) is 5.96 Å². The van der Waals surface area contributed by atoms with Gasteiger partial charge in [-0.1, -0.05) is 13.0 Å². The van der Waals surface area contributed by atoms with E-state index in [1.54, 1.807) is 0 Å². The van der Waals surface area contributed by atoms with Gasteiger partial charge < -0.3 is 15.0 Å². The Kier molecular flexibility index (Phi) is 10.9. The van der Waals surface area contributed by atoms with Crippen molar-refractivity contribution in [3.8, 4) is 0 Å². The summed E-state index contributed by atoms with van der Waals surface area (Å²) >= 11 is 1.84. The third kappa shape index (κ3) is 6.82. The Balaban J connectivity index is 0.00000320. The first kappa shape index (κ1) is 25.4. The Labute approximate surface area is 202 Å². The van der Waals surface area contributed by atoms with Crippen LogP contribution in [0, 0.1) is 11.8 Å². The van der Waals surface area contributed by atoms with Gasteiger partial charge in [0.25, 0.3) is 0 Å². The van der Waals surface area contributed by atoms with Gasteiger partial charge in [-0.15, -0.1) is 35.3 Å². The molecule has 0 spiro atoms. The molecule has 6 nitrogen and oxygen atoms in total. The number of rotatable bonds is 6. The first-order chi connectivity index (χ1) is 14.1. The topological polar surface area (TPSA) is 57.2 Å². The number of halogens is 1.